The first-order valence-electron chi connectivity index (χ1n) is 5.89. The molecule has 0 unspecified atom stereocenters. The fourth-order valence-electron chi connectivity index (χ4n) is 1.66. The zero-order chi connectivity index (χ0) is 12.7. The maximum absolute atomic E-state index is 11.4. The molecule has 90 valence electrons. The highest BCUT2D eigenvalue weighted by atomic mass is 16.1. The van der Waals surface area contributed by atoms with Gasteiger partial charge in [0.05, 0.1) is 13.0 Å². The quantitative estimate of drug-likeness (QED) is 0.770. The van der Waals surface area contributed by atoms with Crippen molar-refractivity contribution in [3.63, 3.8) is 0 Å². The van der Waals surface area contributed by atoms with Crippen LogP contribution in [0.2, 0.25) is 0 Å². The Kier molecular flexibility index (Phi) is 5.29. The largest absolute Gasteiger partial charge is 0.345 e. The van der Waals surface area contributed by atoms with Gasteiger partial charge < -0.3 is 5.32 Å². The Bertz CT molecular complexity index is 398. The molecule has 1 rings (SSSR count). The van der Waals surface area contributed by atoms with Crippen molar-refractivity contribution in [3.8, 4) is 12.3 Å². The third-order valence-electron chi connectivity index (χ3n) is 2.42. The molecule has 0 saturated carbocycles. The van der Waals surface area contributed by atoms with E-state index in [9.17, 15) is 4.79 Å². The zero-order valence-electron chi connectivity index (χ0n) is 10.5. The van der Waals surface area contributed by atoms with Crippen LogP contribution >= 0.6 is 0 Å². The van der Waals surface area contributed by atoms with E-state index in [4.69, 9.17) is 6.42 Å². The molecule has 0 aromatic heterocycles. The highest BCUT2D eigenvalue weighted by Crippen LogP contribution is 2.10. The molecule has 1 aromatic carbocycles. The van der Waals surface area contributed by atoms with Crippen LogP contribution in [0.4, 0.5) is 0 Å². The summed E-state index contributed by atoms with van der Waals surface area (Å²) in [5.41, 5.74) is 2.33. The lowest BCUT2D eigenvalue weighted by Crippen LogP contribution is -2.25. The van der Waals surface area contributed by atoms with Crippen LogP contribution in [0.1, 0.15) is 25.0 Å². The number of carbonyl (C=O) groups excluding carboxylic acids is 1. The molecule has 0 radical (unpaired) electrons. The van der Waals surface area contributed by atoms with E-state index < -0.39 is 0 Å². The summed E-state index contributed by atoms with van der Waals surface area (Å²) in [5, 5.41) is 2.65. The van der Waals surface area contributed by atoms with E-state index in [1.54, 1.807) is 0 Å². The van der Waals surface area contributed by atoms with Gasteiger partial charge in [0.1, 0.15) is 0 Å². The Morgan fingerprint density at radius 2 is 1.88 bits per heavy atom. The molecule has 1 N–H and O–H groups in total. The van der Waals surface area contributed by atoms with Gasteiger partial charge in [0.2, 0.25) is 5.91 Å². The van der Waals surface area contributed by atoms with Gasteiger partial charge in [-0.15, -0.1) is 6.42 Å². The summed E-state index contributed by atoms with van der Waals surface area (Å²) in [4.78, 5) is 11.4. The number of carbonyl (C=O) groups is 1. The van der Waals surface area contributed by atoms with Crippen LogP contribution in [0.5, 0.6) is 0 Å². The van der Waals surface area contributed by atoms with Gasteiger partial charge in [0, 0.05) is 0 Å². The second-order valence-electron chi connectivity index (χ2n) is 4.57. The molecule has 2 nitrogen and oxygen atoms in total. The van der Waals surface area contributed by atoms with E-state index in [2.05, 4.69) is 37.2 Å². The van der Waals surface area contributed by atoms with Gasteiger partial charge in [-0.05, 0) is 23.5 Å². The molecule has 0 spiro atoms. The normalized spacial score (nSPS) is 10.0. The number of hydrogen-bond donors (Lipinski definition) is 1. The first kappa shape index (κ1) is 13.3. The molecule has 0 bridgehead atoms. The third-order valence-corrected chi connectivity index (χ3v) is 2.42. The van der Waals surface area contributed by atoms with Crippen LogP contribution in [0.15, 0.2) is 24.3 Å². The van der Waals surface area contributed by atoms with Gasteiger partial charge in [-0.2, -0.15) is 0 Å². The summed E-state index contributed by atoms with van der Waals surface area (Å²) < 4.78 is 0. The summed E-state index contributed by atoms with van der Waals surface area (Å²) in [6.45, 7) is 4.69. The lowest BCUT2D eigenvalue weighted by molar-refractivity contribution is -0.120. The molecule has 0 fully saturated rings. The van der Waals surface area contributed by atoms with Crippen LogP contribution in [0.3, 0.4) is 0 Å². The van der Waals surface area contributed by atoms with E-state index in [-0.39, 0.29) is 5.91 Å². The molecule has 0 heterocycles. The number of rotatable bonds is 5. The summed E-state index contributed by atoms with van der Waals surface area (Å²) in [7, 11) is 0. The lowest BCUT2D eigenvalue weighted by Gasteiger charge is -2.06. The Morgan fingerprint density at radius 3 is 2.41 bits per heavy atom. The van der Waals surface area contributed by atoms with E-state index >= 15 is 0 Å². The lowest BCUT2D eigenvalue weighted by atomic mass is 10.0. The molecular formula is C15H19NO. The highest BCUT2D eigenvalue weighted by molar-refractivity contribution is 5.78. The fraction of sp³-hybridized carbons (Fsp3) is 0.400. The van der Waals surface area contributed by atoms with Crippen LogP contribution in [-0.4, -0.2) is 12.5 Å². The second kappa shape index (κ2) is 6.75. The average molecular weight is 229 g/mol. The van der Waals surface area contributed by atoms with Gasteiger partial charge in [-0.1, -0.05) is 44.0 Å². The maximum Gasteiger partial charge on any atom is 0.225 e. The van der Waals surface area contributed by atoms with Crippen molar-refractivity contribution in [1.29, 1.82) is 0 Å². The van der Waals surface area contributed by atoms with Crippen molar-refractivity contribution in [2.24, 2.45) is 5.92 Å². The predicted molar refractivity (Wildman–Crippen MR) is 70.5 cm³/mol. The third kappa shape index (κ3) is 5.21. The van der Waals surface area contributed by atoms with Crippen molar-refractivity contribution in [3.05, 3.63) is 35.4 Å². The molecular weight excluding hydrogens is 210 g/mol. The van der Waals surface area contributed by atoms with Crippen molar-refractivity contribution in [2.75, 3.05) is 6.54 Å². The van der Waals surface area contributed by atoms with Crippen molar-refractivity contribution >= 4 is 5.91 Å². The molecule has 1 amide bonds. The Balaban J connectivity index is 2.51. The fourth-order valence-corrected chi connectivity index (χ4v) is 1.66. The van der Waals surface area contributed by atoms with Gasteiger partial charge in [-0.3, -0.25) is 4.79 Å². The van der Waals surface area contributed by atoms with E-state index in [0.29, 0.717) is 18.9 Å². The first-order valence-corrected chi connectivity index (χ1v) is 5.89. The van der Waals surface area contributed by atoms with Crippen LogP contribution in [-0.2, 0) is 17.6 Å². The van der Waals surface area contributed by atoms with Gasteiger partial charge in [-0.25, -0.2) is 0 Å². The van der Waals surface area contributed by atoms with Crippen molar-refractivity contribution < 1.29 is 4.79 Å². The van der Waals surface area contributed by atoms with E-state index in [1.807, 2.05) is 12.1 Å². The molecule has 0 aliphatic carbocycles. The standard InChI is InChI=1S/C15H19NO/c1-4-9-16-15(17)11-14-7-5-13(6-8-14)10-12(2)3/h1,5-8,12H,9-11H2,2-3H3,(H,16,17). The first-order chi connectivity index (χ1) is 8.11. The zero-order valence-corrected chi connectivity index (χ0v) is 10.5. The van der Waals surface area contributed by atoms with Crippen molar-refractivity contribution in [1.82, 2.24) is 5.32 Å². The van der Waals surface area contributed by atoms with Gasteiger partial charge in [0.25, 0.3) is 0 Å². The summed E-state index contributed by atoms with van der Waals surface area (Å²) >= 11 is 0. The minimum atomic E-state index is -0.0282. The topological polar surface area (TPSA) is 29.1 Å². The van der Waals surface area contributed by atoms with Crippen LogP contribution in [0.25, 0.3) is 0 Å². The number of terminal acetylenes is 1. The molecule has 1 aromatic rings. The SMILES string of the molecule is C#CCNC(=O)Cc1ccc(CC(C)C)cc1. The van der Waals surface area contributed by atoms with E-state index in [1.165, 1.54) is 5.56 Å². The number of benzene rings is 1. The predicted octanol–water partition coefficient (Wildman–Crippen LogP) is 2.18. The number of nitrogens with one attached hydrogen (secondary N) is 1. The van der Waals surface area contributed by atoms with Crippen LogP contribution in [0, 0.1) is 18.3 Å². The monoisotopic (exact) mass is 229 g/mol. The molecule has 0 atom stereocenters. The van der Waals surface area contributed by atoms with Crippen LogP contribution < -0.4 is 5.32 Å². The summed E-state index contributed by atoms with van der Waals surface area (Å²) in [6, 6.07) is 8.19. The van der Waals surface area contributed by atoms with Gasteiger partial charge >= 0.3 is 0 Å². The van der Waals surface area contributed by atoms with Gasteiger partial charge in [0.15, 0.2) is 0 Å². The average Bonchev–Trinajstić information content (AvgIpc) is 2.28. The number of amides is 1. The minimum Gasteiger partial charge on any atom is -0.345 e. The number of hydrogen-bond acceptors (Lipinski definition) is 1. The highest BCUT2D eigenvalue weighted by Gasteiger charge is 2.03. The molecule has 0 saturated heterocycles. The Hall–Kier alpha value is -1.75. The Morgan fingerprint density at radius 1 is 1.29 bits per heavy atom. The minimum absolute atomic E-state index is 0.0282. The maximum atomic E-state index is 11.4. The summed E-state index contributed by atoms with van der Waals surface area (Å²) in [5.74, 6) is 3.01. The molecule has 0 aliphatic rings. The second-order valence-corrected chi connectivity index (χ2v) is 4.57. The van der Waals surface area contributed by atoms with E-state index in [0.717, 1.165) is 12.0 Å². The van der Waals surface area contributed by atoms with Crippen molar-refractivity contribution in [2.45, 2.75) is 26.7 Å². The molecule has 2 heteroatoms. The molecule has 0 aliphatic heterocycles. The Labute approximate surface area is 103 Å². The molecule has 17 heavy (non-hydrogen) atoms. The summed E-state index contributed by atoms with van der Waals surface area (Å²) in [6.07, 6.45) is 6.54. The smallest absolute Gasteiger partial charge is 0.225 e.